The SMILES string of the molecule is CCN(CC)CC(C)NCc1ccc(OC)cc1OC. The summed E-state index contributed by atoms with van der Waals surface area (Å²) in [4.78, 5) is 2.42. The molecule has 0 saturated carbocycles. The molecule has 114 valence electrons. The molecule has 0 spiro atoms. The van der Waals surface area contributed by atoms with Gasteiger partial charge in [-0.05, 0) is 26.1 Å². The van der Waals surface area contributed by atoms with E-state index in [1.165, 1.54) is 0 Å². The summed E-state index contributed by atoms with van der Waals surface area (Å²) in [5.74, 6) is 1.69. The summed E-state index contributed by atoms with van der Waals surface area (Å²) >= 11 is 0. The van der Waals surface area contributed by atoms with Crippen LogP contribution in [-0.4, -0.2) is 44.8 Å². The van der Waals surface area contributed by atoms with Gasteiger partial charge in [-0.1, -0.05) is 19.9 Å². The van der Waals surface area contributed by atoms with Gasteiger partial charge in [0.15, 0.2) is 0 Å². The van der Waals surface area contributed by atoms with E-state index in [9.17, 15) is 0 Å². The van der Waals surface area contributed by atoms with Gasteiger partial charge in [-0.2, -0.15) is 0 Å². The van der Waals surface area contributed by atoms with Crippen LogP contribution in [-0.2, 0) is 6.54 Å². The summed E-state index contributed by atoms with van der Waals surface area (Å²) in [6.07, 6.45) is 0. The molecule has 1 atom stereocenters. The molecule has 0 saturated heterocycles. The quantitative estimate of drug-likeness (QED) is 0.753. The van der Waals surface area contributed by atoms with Crippen molar-refractivity contribution in [2.75, 3.05) is 33.9 Å². The van der Waals surface area contributed by atoms with Crippen molar-refractivity contribution in [2.24, 2.45) is 0 Å². The number of nitrogens with one attached hydrogen (secondary N) is 1. The molecule has 0 radical (unpaired) electrons. The fourth-order valence-corrected chi connectivity index (χ4v) is 2.22. The summed E-state index contributed by atoms with van der Waals surface area (Å²) in [6.45, 7) is 10.7. The highest BCUT2D eigenvalue weighted by atomic mass is 16.5. The van der Waals surface area contributed by atoms with Crippen LogP contribution in [0.2, 0.25) is 0 Å². The van der Waals surface area contributed by atoms with E-state index in [2.05, 4.69) is 37.1 Å². The van der Waals surface area contributed by atoms with E-state index in [4.69, 9.17) is 9.47 Å². The molecule has 0 aliphatic rings. The van der Waals surface area contributed by atoms with Crippen LogP contribution < -0.4 is 14.8 Å². The first kappa shape index (κ1) is 16.8. The van der Waals surface area contributed by atoms with Gasteiger partial charge in [-0.3, -0.25) is 0 Å². The number of likely N-dealkylation sites (N-methyl/N-ethyl adjacent to an activating group) is 1. The van der Waals surface area contributed by atoms with Crippen LogP contribution in [0.5, 0.6) is 11.5 Å². The fourth-order valence-electron chi connectivity index (χ4n) is 2.22. The summed E-state index contributed by atoms with van der Waals surface area (Å²) in [6, 6.07) is 6.39. The second-order valence-corrected chi connectivity index (χ2v) is 4.95. The van der Waals surface area contributed by atoms with Crippen molar-refractivity contribution in [2.45, 2.75) is 33.4 Å². The van der Waals surface area contributed by atoms with Gasteiger partial charge in [-0.25, -0.2) is 0 Å². The van der Waals surface area contributed by atoms with Crippen LogP contribution in [0.4, 0.5) is 0 Å². The Morgan fingerprint density at radius 3 is 2.40 bits per heavy atom. The van der Waals surface area contributed by atoms with E-state index in [-0.39, 0.29) is 0 Å². The molecule has 0 heterocycles. The first-order valence-electron chi connectivity index (χ1n) is 7.31. The number of rotatable bonds is 9. The average Bonchev–Trinajstić information content (AvgIpc) is 2.50. The van der Waals surface area contributed by atoms with E-state index >= 15 is 0 Å². The fraction of sp³-hybridized carbons (Fsp3) is 0.625. The van der Waals surface area contributed by atoms with Crippen molar-refractivity contribution in [3.8, 4) is 11.5 Å². The maximum Gasteiger partial charge on any atom is 0.127 e. The lowest BCUT2D eigenvalue weighted by Gasteiger charge is -2.23. The lowest BCUT2D eigenvalue weighted by atomic mass is 10.1. The van der Waals surface area contributed by atoms with Gasteiger partial charge in [0.1, 0.15) is 11.5 Å². The van der Waals surface area contributed by atoms with Crippen LogP contribution in [0, 0.1) is 0 Å². The molecule has 4 heteroatoms. The number of hydrogen-bond donors (Lipinski definition) is 1. The molecule has 20 heavy (non-hydrogen) atoms. The van der Waals surface area contributed by atoms with Crippen LogP contribution in [0.1, 0.15) is 26.3 Å². The highest BCUT2D eigenvalue weighted by Gasteiger charge is 2.09. The smallest absolute Gasteiger partial charge is 0.127 e. The summed E-state index contributed by atoms with van der Waals surface area (Å²) in [5.41, 5.74) is 1.15. The average molecular weight is 280 g/mol. The second-order valence-electron chi connectivity index (χ2n) is 4.95. The lowest BCUT2D eigenvalue weighted by molar-refractivity contribution is 0.270. The zero-order valence-corrected chi connectivity index (χ0v) is 13.4. The molecule has 0 aromatic heterocycles. The molecule has 0 fully saturated rings. The molecule has 0 aliphatic carbocycles. The number of nitrogens with zero attached hydrogens (tertiary/aromatic N) is 1. The highest BCUT2D eigenvalue weighted by molar-refractivity contribution is 5.40. The van der Waals surface area contributed by atoms with Crippen molar-refractivity contribution >= 4 is 0 Å². The normalized spacial score (nSPS) is 12.5. The summed E-state index contributed by atoms with van der Waals surface area (Å²) in [5, 5.41) is 3.55. The summed E-state index contributed by atoms with van der Waals surface area (Å²) < 4.78 is 10.6. The maximum absolute atomic E-state index is 5.41. The molecule has 1 aromatic carbocycles. The van der Waals surface area contributed by atoms with E-state index in [0.717, 1.165) is 43.2 Å². The monoisotopic (exact) mass is 280 g/mol. The zero-order valence-electron chi connectivity index (χ0n) is 13.4. The Balaban J connectivity index is 2.56. The number of ether oxygens (including phenoxy) is 2. The van der Waals surface area contributed by atoms with Gasteiger partial charge < -0.3 is 19.7 Å². The lowest BCUT2D eigenvalue weighted by Crippen LogP contribution is -2.38. The van der Waals surface area contributed by atoms with Gasteiger partial charge in [0, 0.05) is 30.8 Å². The number of methoxy groups -OCH3 is 2. The van der Waals surface area contributed by atoms with Gasteiger partial charge in [-0.15, -0.1) is 0 Å². The first-order chi connectivity index (χ1) is 9.64. The number of benzene rings is 1. The first-order valence-corrected chi connectivity index (χ1v) is 7.31. The van der Waals surface area contributed by atoms with Crippen molar-refractivity contribution < 1.29 is 9.47 Å². The van der Waals surface area contributed by atoms with Crippen LogP contribution in [0.3, 0.4) is 0 Å². The highest BCUT2D eigenvalue weighted by Crippen LogP contribution is 2.24. The Morgan fingerprint density at radius 1 is 1.15 bits per heavy atom. The molecule has 0 amide bonds. The molecule has 1 N–H and O–H groups in total. The molecular weight excluding hydrogens is 252 g/mol. The molecule has 1 aromatic rings. The van der Waals surface area contributed by atoms with E-state index in [0.29, 0.717) is 6.04 Å². The van der Waals surface area contributed by atoms with Gasteiger partial charge >= 0.3 is 0 Å². The molecule has 1 unspecified atom stereocenters. The number of hydrogen-bond acceptors (Lipinski definition) is 4. The van der Waals surface area contributed by atoms with Crippen molar-refractivity contribution in [1.29, 1.82) is 0 Å². The minimum Gasteiger partial charge on any atom is -0.497 e. The second kappa shape index (κ2) is 8.82. The van der Waals surface area contributed by atoms with Crippen LogP contribution in [0.25, 0.3) is 0 Å². The summed E-state index contributed by atoms with van der Waals surface area (Å²) in [7, 11) is 3.36. The van der Waals surface area contributed by atoms with Crippen molar-refractivity contribution in [3.05, 3.63) is 23.8 Å². The van der Waals surface area contributed by atoms with Gasteiger partial charge in [0.25, 0.3) is 0 Å². The minimum atomic E-state index is 0.446. The van der Waals surface area contributed by atoms with Crippen molar-refractivity contribution in [1.82, 2.24) is 10.2 Å². The molecule has 4 nitrogen and oxygen atoms in total. The molecule has 1 rings (SSSR count). The Kier molecular flexibility index (Phi) is 7.41. The molecular formula is C16H28N2O2. The zero-order chi connectivity index (χ0) is 15.0. The third kappa shape index (κ3) is 5.02. The minimum absolute atomic E-state index is 0.446. The van der Waals surface area contributed by atoms with E-state index in [1.54, 1.807) is 14.2 Å². The predicted octanol–water partition coefficient (Wildman–Crippen LogP) is 2.52. The van der Waals surface area contributed by atoms with Crippen LogP contribution >= 0.6 is 0 Å². The largest absolute Gasteiger partial charge is 0.497 e. The Hall–Kier alpha value is -1.26. The van der Waals surface area contributed by atoms with Gasteiger partial charge in [0.05, 0.1) is 14.2 Å². The Bertz CT molecular complexity index is 392. The Labute approximate surface area is 123 Å². The third-order valence-electron chi connectivity index (χ3n) is 3.56. The maximum atomic E-state index is 5.41. The van der Waals surface area contributed by atoms with E-state index in [1.807, 2.05) is 12.1 Å². The van der Waals surface area contributed by atoms with Crippen molar-refractivity contribution in [3.63, 3.8) is 0 Å². The molecule has 0 aliphatic heterocycles. The molecule has 0 bridgehead atoms. The topological polar surface area (TPSA) is 33.7 Å². The van der Waals surface area contributed by atoms with E-state index < -0.39 is 0 Å². The Morgan fingerprint density at radius 2 is 1.85 bits per heavy atom. The van der Waals surface area contributed by atoms with Crippen LogP contribution in [0.15, 0.2) is 18.2 Å². The third-order valence-corrected chi connectivity index (χ3v) is 3.56. The predicted molar refractivity (Wildman–Crippen MR) is 83.6 cm³/mol. The standard InChI is InChI=1S/C16H28N2O2/c1-6-18(7-2)12-13(3)17-11-14-8-9-15(19-4)10-16(14)20-5/h8-10,13,17H,6-7,11-12H2,1-5H3. The van der Waals surface area contributed by atoms with Gasteiger partial charge in [0.2, 0.25) is 0 Å².